The van der Waals surface area contributed by atoms with E-state index < -0.39 is 11.1 Å². The van der Waals surface area contributed by atoms with E-state index in [9.17, 15) is 19.5 Å². The number of ether oxygens (including phenoxy) is 3. The molecule has 2 fully saturated rings. The van der Waals surface area contributed by atoms with Crippen LogP contribution < -0.4 is 14.8 Å². The van der Waals surface area contributed by atoms with Crippen molar-refractivity contribution in [2.75, 3.05) is 59.7 Å². The van der Waals surface area contributed by atoms with Crippen LogP contribution in [0.15, 0.2) is 48.5 Å². The average molecular weight is 583 g/mol. The fourth-order valence-electron chi connectivity index (χ4n) is 5.13. The molecule has 2 aliphatic heterocycles. The van der Waals surface area contributed by atoms with Gasteiger partial charge in [-0.1, -0.05) is 29.8 Å². The van der Waals surface area contributed by atoms with E-state index in [1.54, 1.807) is 18.7 Å². The number of carbonyl (C=O) groups excluding carboxylic acids is 3. The molecular formula is C31H42N4O7. The maximum Gasteiger partial charge on any atom is 0.325 e. The van der Waals surface area contributed by atoms with Gasteiger partial charge in [0.05, 0.1) is 13.2 Å². The van der Waals surface area contributed by atoms with E-state index in [1.807, 2.05) is 55.5 Å². The summed E-state index contributed by atoms with van der Waals surface area (Å²) < 4.78 is 16.8. The van der Waals surface area contributed by atoms with E-state index in [0.29, 0.717) is 57.3 Å². The Labute approximate surface area is 247 Å². The summed E-state index contributed by atoms with van der Waals surface area (Å²) in [5.74, 6) is 0.944. The van der Waals surface area contributed by atoms with Crippen molar-refractivity contribution in [1.82, 2.24) is 20.0 Å². The summed E-state index contributed by atoms with van der Waals surface area (Å²) >= 11 is 0. The summed E-state index contributed by atoms with van der Waals surface area (Å²) in [5, 5.41) is 14.3. The Morgan fingerprint density at radius 3 is 2.29 bits per heavy atom. The zero-order valence-corrected chi connectivity index (χ0v) is 24.9. The van der Waals surface area contributed by atoms with Crippen LogP contribution in [0.5, 0.6) is 11.5 Å². The van der Waals surface area contributed by atoms with Crippen LogP contribution in [0.1, 0.15) is 31.4 Å². The highest BCUT2D eigenvalue weighted by Crippen LogP contribution is 2.22. The molecule has 1 unspecified atom stereocenters. The first kappa shape index (κ1) is 31.3. The Morgan fingerprint density at radius 1 is 0.976 bits per heavy atom. The molecule has 1 atom stereocenters. The molecule has 2 aromatic carbocycles. The Hall–Kier alpha value is -3.67. The van der Waals surface area contributed by atoms with Gasteiger partial charge in [0.15, 0.2) is 0 Å². The molecule has 11 nitrogen and oxygen atoms in total. The molecule has 0 aliphatic carbocycles. The van der Waals surface area contributed by atoms with Crippen molar-refractivity contribution in [1.29, 1.82) is 0 Å². The first-order valence-electron chi connectivity index (χ1n) is 14.2. The molecule has 0 spiro atoms. The molecule has 2 heterocycles. The van der Waals surface area contributed by atoms with Gasteiger partial charge in [-0.05, 0) is 57.0 Å². The van der Waals surface area contributed by atoms with Crippen LogP contribution in [-0.4, -0.2) is 108 Å². The third kappa shape index (κ3) is 8.21. The number of methoxy groups -OCH3 is 1. The second-order valence-electron chi connectivity index (χ2n) is 11.6. The van der Waals surface area contributed by atoms with Crippen molar-refractivity contribution < 1.29 is 33.7 Å². The molecule has 0 saturated carbocycles. The number of carbonyl (C=O) groups is 3. The van der Waals surface area contributed by atoms with E-state index in [2.05, 4.69) is 10.2 Å². The van der Waals surface area contributed by atoms with Crippen molar-refractivity contribution in [3.63, 3.8) is 0 Å². The van der Waals surface area contributed by atoms with Gasteiger partial charge >= 0.3 is 6.03 Å². The summed E-state index contributed by atoms with van der Waals surface area (Å²) in [6.07, 6.45) is 0.520. The number of aryl methyl sites for hydroxylation is 1. The lowest BCUT2D eigenvalue weighted by Crippen LogP contribution is -2.52. The minimum atomic E-state index is -1.28. The van der Waals surface area contributed by atoms with E-state index in [-0.39, 0.29) is 37.6 Å². The Balaban J connectivity index is 1.32. The van der Waals surface area contributed by atoms with Crippen LogP contribution in [0, 0.1) is 6.92 Å². The fraction of sp³-hybridized carbons (Fsp3) is 0.516. The van der Waals surface area contributed by atoms with Crippen LogP contribution in [0.2, 0.25) is 0 Å². The molecule has 11 heteroatoms. The number of aliphatic hydroxyl groups is 1. The summed E-state index contributed by atoms with van der Waals surface area (Å²) in [7, 11) is 1.48. The van der Waals surface area contributed by atoms with Gasteiger partial charge in [-0.3, -0.25) is 19.4 Å². The van der Waals surface area contributed by atoms with E-state index in [4.69, 9.17) is 14.2 Å². The largest absolute Gasteiger partial charge is 0.494 e. The molecular weight excluding hydrogens is 540 g/mol. The maximum absolute atomic E-state index is 12.7. The number of imide groups is 1. The van der Waals surface area contributed by atoms with E-state index >= 15 is 0 Å². The first-order chi connectivity index (χ1) is 20.0. The van der Waals surface area contributed by atoms with Gasteiger partial charge in [-0.25, -0.2) is 4.79 Å². The van der Waals surface area contributed by atoms with Gasteiger partial charge in [0.25, 0.3) is 5.91 Å². The highest BCUT2D eigenvalue weighted by atomic mass is 16.5. The zero-order chi connectivity index (χ0) is 30.3. The molecule has 0 bridgehead atoms. The van der Waals surface area contributed by atoms with Crippen LogP contribution in [-0.2, 0) is 20.9 Å². The van der Waals surface area contributed by atoms with E-state index in [1.165, 1.54) is 12.0 Å². The molecule has 4 amide bonds. The number of hydrogen-bond acceptors (Lipinski definition) is 8. The molecule has 0 radical (unpaired) electrons. The lowest BCUT2D eigenvalue weighted by atomic mass is 10.0. The van der Waals surface area contributed by atoms with Crippen LogP contribution in [0.25, 0.3) is 0 Å². The van der Waals surface area contributed by atoms with Gasteiger partial charge in [0, 0.05) is 39.8 Å². The quantitative estimate of drug-likeness (QED) is 0.289. The molecule has 4 rings (SSSR count). The zero-order valence-electron chi connectivity index (χ0n) is 24.9. The normalized spacial score (nSPS) is 20.8. The number of β-amino-alcohol motifs (C(OH)–C–C–N with tert-alkyl or cyclic N) is 1. The lowest BCUT2D eigenvalue weighted by molar-refractivity contribution is -0.138. The van der Waals surface area contributed by atoms with Gasteiger partial charge < -0.3 is 29.5 Å². The number of nitrogens with one attached hydrogen (secondary N) is 1. The van der Waals surface area contributed by atoms with E-state index in [0.717, 1.165) is 11.1 Å². The molecule has 2 N–H and O–H groups in total. The molecule has 228 valence electrons. The Kier molecular flexibility index (Phi) is 10.1. The monoisotopic (exact) mass is 582 g/mol. The summed E-state index contributed by atoms with van der Waals surface area (Å²) in [4.78, 5) is 42.0. The minimum Gasteiger partial charge on any atom is -0.494 e. The summed E-state index contributed by atoms with van der Waals surface area (Å²) in [5.41, 5.74) is -0.00657. The lowest BCUT2D eigenvalue weighted by Gasteiger charge is -2.33. The number of amides is 4. The number of nitrogens with zero attached hydrogens (tertiary/aromatic N) is 3. The maximum atomic E-state index is 12.7. The molecule has 2 aromatic rings. The van der Waals surface area contributed by atoms with Gasteiger partial charge in [-0.15, -0.1) is 0 Å². The number of urea groups is 1. The second kappa shape index (κ2) is 13.5. The second-order valence-corrected chi connectivity index (χ2v) is 11.6. The van der Waals surface area contributed by atoms with Crippen LogP contribution in [0.3, 0.4) is 0 Å². The predicted molar refractivity (Wildman–Crippen MR) is 156 cm³/mol. The Bertz CT molecular complexity index is 1230. The van der Waals surface area contributed by atoms with Crippen molar-refractivity contribution >= 4 is 17.8 Å². The first-order valence-corrected chi connectivity index (χ1v) is 14.2. The highest BCUT2D eigenvalue weighted by molar-refractivity contribution is 6.06. The fourth-order valence-corrected chi connectivity index (χ4v) is 5.13. The van der Waals surface area contributed by atoms with Crippen LogP contribution >= 0.6 is 0 Å². The Morgan fingerprint density at radius 2 is 1.64 bits per heavy atom. The average Bonchev–Trinajstić information content (AvgIpc) is 3.05. The highest BCUT2D eigenvalue weighted by Gasteiger charge is 2.43. The van der Waals surface area contributed by atoms with Crippen molar-refractivity contribution in [2.24, 2.45) is 0 Å². The van der Waals surface area contributed by atoms with Gasteiger partial charge in [0.2, 0.25) is 5.91 Å². The minimum absolute atomic E-state index is 0.0400. The van der Waals surface area contributed by atoms with Crippen molar-refractivity contribution in [3.05, 3.63) is 59.7 Å². The number of benzene rings is 2. The molecule has 42 heavy (non-hydrogen) atoms. The van der Waals surface area contributed by atoms with Crippen LogP contribution in [0.4, 0.5) is 4.79 Å². The number of hydrogen-bond donors (Lipinski definition) is 2. The standard InChI is InChI=1S/C31H42N4O7/c1-23-6-10-26(11-7-23)42-22-31(39)20-33(15-16-34(21-31)27(36)19-40-4)18-24-8-12-25(13-9-24)41-17-5-14-35-28(37)30(2,3)32-29(35)38/h6-13,39H,5,14-22H2,1-4H3,(H,32,38). The summed E-state index contributed by atoms with van der Waals surface area (Å²) in [6, 6.07) is 15.0. The third-order valence-electron chi connectivity index (χ3n) is 7.41. The molecule has 0 aromatic heterocycles. The summed E-state index contributed by atoms with van der Waals surface area (Å²) in [6.45, 7) is 8.12. The molecule has 2 aliphatic rings. The predicted octanol–water partition coefficient (Wildman–Crippen LogP) is 2.20. The van der Waals surface area contributed by atoms with Crippen molar-refractivity contribution in [3.8, 4) is 11.5 Å². The number of rotatable bonds is 12. The van der Waals surface area contributed by atoms with Gasteiger partial charge in [0.1, 0.15) is 35.9 Å². The third-order valence-corrected chi connectivity index (χ3v) is 7.41. The topological polar surface area (TPSA) is 121 Å². The SMILES string of the molecule is COCC(=O)N1CCN(Cc2ccc(OCCCN3C(=O)NC(C)(C)C3=O)cc2)CC(O)(COc2ccc(C)cc2)C1. The molecule has 2 saturated heterocycles. The van der Waals surface area contributed by atoms with Crippen molar-refractivity contribution in [2.45, 2.75) is 44.9 Å². The van der Waals surface area contributed by atoms with Gasteiger partial charge in [-0.2, -0.15) is 0 Å². The smallest absolute Gasteiger partial charge is 0.325 e.